The Kier molecular flexibility index (Phi) is 3.85. The zero-order valence-corrected chi connectivity index (χ0v) is 11.2. The van der Waals surface area contributed by atoms with Crippen molar-refractivity contribution in [2.75, 3.05) is 5.73 Å². The number of amides is 1. The zero-order valence-electron chi connectivity index (χ0n) is 11.2. The number of carbonyl (C=O) groups is 1. The molecule has 0 aliphatic carbocycles. The number of nitrogen functional groups attached to an aromatic ring is 1. The van der Waals surface area contributed by atoms with Crippen LogP contribution in [0.3, 0.4) is 0 Å². The normalized spacial score (nSPS) is 10.2. The van der Waals surface area contributed by atoms with Crippen molar-refractivity contribution < 1.29 is 4.79 Å². The number of hydrogen-bond donors (Lipinski definition) is 2. The topological polar surface area (TPSA) is 55.1 Å². The number of anilines is 1. The Bertz CT molecular complexity index is 588. The number of benzene rings is 2. The van der Waals surface area contributed by atoms with Crippen LogP contribution in [0.15, 0.2) is 42.5 Å². The zero-order chi connectivity index (χ0) is 13.8. The van der Waals surface area contributed by atoms with E-state index in [1.54, 1.807) is 12.1 Å². The maximum Gasteiger partial charge on any atom is 0.251 e. The first kappa shape index (κ1) is 13.1. The summed E-state index contributed by atoms with van der Waals surface area (Å²) in [4.78, 5) is 12.1. The van der Waals surface area contributed by atoms with Crippen LogP contribution in [0, 0.1) is 13.8 Å². The van der Waals surface area contributed by atoms with Crippen molar-refractivity contribution in [2.24, 2.45) is 0 Å². The smallest absolute Gasteiger partial charge is 0.251 e. The van der Waals surface area contributed by atoms with E-state index < -0.39 is 0 Å². The molecule has 98 valence electrons. The molecule has 0 fully saturated rings. The molecule has 3 N–H and O–H groups in total. The highest BCUT2D eigenvalue weighted by atomic mass is 16.1. The summed E-state index contributed by atoms with van der Waals surface area (Å²) in [5.41, 5.74) is 10.2. The fraction of sp³-hybridized carbons (Fsp3) is 0.188. The van der Waals surface area contributed by atoms with E-state index >= 15 is 0 Å². The minimum Gasteiger partial charge on any atom is -0.399 e. The van der Waals surface area contributed by atoms with Crippen LogP contribution in [0.2, 0.25) is 0 Å². The average Bonchev–Trinajstić information content (AvgIpc) is 2.40. The second-order valence-electron chi connectivity index (χ2n) is 4.74. The van der Waals surface area contributed by atoms with E-state index in [1.807, 2.05) is 44.2 Å². The molecule has 0 saturated heterocycles. The van der Waals surface area contributed by atoms with Crippen LogP contribution < -0.4 is 11.1 Å². The highest BCUT2D eigenvalue weighted by molar-refractivity contribution is 5.96. The van der Waals surface area contributed by atoms with Gasteiger partial charge in [-0.05, 0) is 37.1 Å². The molecule has 3 nitrogen and oxygen atoms in total. The molecular formula is C16H18N2O. The van der Waals surface area contributed by atoms with Gasteiger partial charge < -0.3 is 11.1 Å². The molecule has 0 bridgehead atoms. The van der Waals surface area contributed by atoms with Crippen molar-refractivity contribution >= 4 is 11.6 Å². The lowest BCUT2D eigenvalue weighted by Gasteiger charge is -2.08. The van der Waals surface area contributed by atoms with Gasteiger partial charge in [0.2, 0.25) is 0 Å². The fourth-order valence-corrected chi connectivity index (χ4v) is 1.87. The van der Waals surface area contributed by atoms with Crippen LogP contribution in [0.25, 0.3) is 0 Å². The maximum atomic E-state index is 12.1. The van der Waals surface area contributed by atoms with Gasteiger partial charge in [-0.3, -0.25) is 4.79 Å². The van der Waals surface area contributed by atoms with Crippen molar-refractivity contribution in [2.45, 2.75) is 20.4 Å². The molecule has 0 spiro atoms. The molecule has 19 heavy (non-hydrogen) atoms. The van der Waals surface area contributed by atoms with Gasteiger partial charge in [0.25, 0.3) is 5.91 Å². The second-order valence-corrected chi connectivity index (χ2v) is 4.74. The monoisotopic (exact) mass is 254 g/mol. The molecule has 2 aromatic rings. The largest absolute Gasteiger partial charge is 0.399 e. The predicted molar refractivity (Wildman–Crippen MR) is 77.9 cm³/mol. The summed E-state index contributed by atoms with van der Waals surface area (Å²) >= 11 is 0. The maximum absolute atomic E-state index is 12.1. The van der Waals surface area contributed by atoms with Gasteiger partial charge in [-0.15, -0.1) is 0 Å². The molecule has 0 radical (unpaired) electrons. The molecule has 0 unspecified atom stereocenters. The minimum atomic E-state index is -0.0922. The summed E-state index contributed by atoms with van der Waals surface area (Å²) in [6, 6.07) is 13.5. The molecule has 1 amide bonds. The average molecular weight is 254 g/mol. The van der Waals surface area contributed by atoms with Crippen LogP contribution in [0.4, 0.5) is 5.69 Å². The number of carbonyl (C=O) groups excluding carboxylic acids is 1. The first-order valence-corrected chi connectivity index (χ1v) is 6.26. The van der Waals surface area contributed by atoms with E-state index in [1.165, 1.54) is 5.56 Å². The van der Waals surface area contributed by atoms with Gasteiger partial charge >= 0.3 is 0 Å². The fourth-order valence-electron chi connectivity index (χ4n) is 1.87. The van der Waals surface area contributed by atoms with E-state index in [2.05, 4.69) is 5.32 Å². The van der Waals surface area contributed by atoms with Gasteiger partial charge in [0, 0.05) is 17.8 Å². The van der Waals surface area contributed by atoms with Crippen LogP contribution >= 0.6 is 0 Å². The van der Waals surface area contributed by atoms with Crippen molar-refractivity contribution in [3.63, 3.8) is 0 Å². The summed E-state index contributed by atoms with van der Waals surface area (Å²) in [5, 5.41) is 2.91. The standard InChI is InChI=1S/C16H18N2O/c1-11-3-6-13(7-4-11)10-18-16(19)15-9-14(17)8-5-12(15)2/h3-9H,10,17H2,1-2H3,(H,18,19). The van der Waals surface area contributed by atoms with Crippen molar-refractivity contribution in [3.8, 4) is 0 Å². The second kappa shape index (κ2) is 5.57. The van der Waals surface area contributed by atoms with Crippen molar-refractivity contribution in [3.05, 3.63) is 64.7 Å². The van der Waals surface area contributed by atoms with Gasteiger partial charge in [0.15, 0.2) is 0 Å². The lowest BCUT2D eigenvalue weighted by atomic mass is 10.1. The van der Waals surface area contributed by atoms with E-state index in [4.69, 9.17) is 5.73 Å². The summed E-state index contributed by atoms with van der Waals surface area (Å²) < 4.78 is 0. The quantitative estimate of drug-likeness (QED) is 0.827. The molecule has 2 aromatic carbocycles. The van der Waals surface area contributed by atoms with Gasteiger partial charge in [-0.25, -0.2) is 0 Å². The van der Waals surface area contributed by atoms with E-state index in [-0.39, 0.29) is 5.91 Å². The van der Waals surface area contributed by atoms with E-state index in [9.17, 15) is 4.79 Å². The summed E-state index contributed by atoms with van der Waals surface area (Å²) in [6.45, 7) is 4.46. The number of hydrogen-bond acceptors (Lipinski definition) is 2. The SMILES string of the molecule is Cc1ccc(CNC(=O)c2cc(N)ccc2C)cc1. The molecule has 0 aliphatic rings. The first-order valence-electron chi connectivity index (χ1n) is 6.26. The molecule has 0 aliphatic heterocycles. The minimum absolute atomic E-state index is 0.0922. The van der Waals surface area contributed by atoms with E-state index in [0.717, 1.165) is 11.1 Å². The number of nitrogens with one attached hydrogen (secondary N) is 1. The van der Waals surface area contributed by atoms with Crippen LogP contribution in [0.5, 0.6) is 0 Å². The van der Waals surface area contributed by atoms with Gasteiger partial charge in [0.1, 0.15) is 0 Å². The van der Waals surface area contributed by atoms with Gasteiger partial charge in [0.05, 0.1) is 0 Å². The Balaban J connectivity index is 2.05. The van der Waals surface area contributed by atoms with E-state index in [0.29, 0.717) is 17.8 Å². The molecule has 0 atom stereocenters. The third-order valence-electron chi connectivity index (χ3n) is 3.08. The Morgan fingerprint density at radius 2 is 1.79 bits per heavy atom. The number of nitrogens with two attached hydrogens (primary N) is 1. The summed E-state index contributed by atoms with van der Waals surface area (Å²) in [6.07, 6.45) is 0. The van der Waals surface area contributed by atoms with Crippen molar-refractivity contribution in [1.82, 2.24) is 5.32 Å². The van der Waals surface area contributed by atoms with Gasteiger partial charge in [-0.2, -0.15) is 0 Å². The highest BCUT2D eigenvalue weighted by Gasteiger charge is 2.08. The van der Waals surface area contributed by atoms with Crippen LogP contribution in [-0.4, -0.2) is 5.91 Å². The third kappa shape index (κ3) is 3.35. The molecule has 0 heterocycles. The van der Waals surface area contributed by atoms with Gasteiger partial charge in [-0.1, -0.05) is 35.9 Å². The number of aryl methyl sites for hydroxylation is 2. The van der Waals surface area contributed by atoms with Crippen molar-refractivity contribution in [1.29, 1.82) is 0 Å². The Hall–Kier alpha value is -2.29. The molecule has 0 aromatic heterocycles. The predicted octanol–water partition coefficient (Wildman–Crippen LogP) is 2.82. The first-order chi connectivity index (χ1) is 9.06. The molecular weight excluding hydrogens is 236 g/mol. The lowest BCUT2D eigenvalue weighted by molar-refractivity contribution is 0.0950. The number of rotatable bonds is 3. The Morgan fingerprint density at radius 3 is 2.47 bits per heavy atom. The molecule has 3 heteroatoms. The Morgan fingerprint density at radius 1 is 1.11 bits per heavy atom. The van der Waals surface area contributed by atoms with Crippen LogP contribution in [-0.2, 0) is 6.54 Å². The summed E-state index contributed by atoms with van der Waals surface area (Å²) in [5.74, 6) is -0.0922. The summed E-state index contributed by atoms with van der Waals surface area (Å²) in [7, 11) is 0. The van der Waals surface area contributed by atoms with Crippen LogP contribution in [0.1, 0.15) is 27.0 Å². The highest BCUT2D eigenvalue weighted by Crippen LogP contribution is 2.12. The lowest BCUT2D eigenvalue weighted by Crippen LogP contribution is -2.23. The third-order valence-corrected chi connectivity index (χ3v) is 3.08. The Labute approximate surface area is 113 Å². The molecule has 2 rings (SSSR count). The molecule has 0 saturated carbocycles.